The fourth-order valence-electron chi connectivity index (χ4n) is 6.10. The standard InChI is InChI=1S/C29H32F6N2O5/c1-15-22(28(30,31)32)10-17(11-23(15)29(33,34)35)25-16(2)36(26(38)42-25)14-18-13-27(3,4)9-8-20(18)21-12-19(37(39)40)6-7-24(21)41-5/h6-7,10-12,15-16,22,25H,8-9,13-14H2,1-5H3/t15?,16-,22?,25-/m0/s1. The van der Waals surface area contributed by atoms with E-state index in [1.165, 1.54) is 37.1 Å². The average molecular weight is 603 g/mol. The number of benzene rings is 1. The van der Waals surface area contributed by atoms with Crippen LogP contribution in [0.5, 0.6) is 5.75 Å². The summed E-state index contributed by atoms with van der Waals surface area (Å²) in [5, 5.41) is 11.5. The zero-order valence-corrected chi connectivity index (χ0v) is 23.7. The summed E-state index contributed by atoms with van der Waals surface area (Å²) >= 11 is 0. The average Bonchev–Trinajstić information content (AvgIpc) is 3.15. The Balaban J connectivity index is 1.74. The number of methoxy groups -OCH3 is 1. The van der Waals surface area contributed by atoms with E-state index in [1.54, 1.807) is 0 Å². The Kier molecular flexibility index (Phi) is 8.20. The maximum atomic E-state index is 13.8. The second kappa shape index (κ2) is 11.0. The van der Waals surface area contributed by atoms with Gasteiger partial charge in [0.05, 0.1) is 24.0 Å². The van der Waals surface area contributed by atoms with Gasteiger partial charge in [-0.25, -0.2) is 4.79 Å². The summed E-state index contributed by atoms with van der Waals surface area (Å²) < 4.78 is 93.5. The Bertz CT molecular complexity index is 1360. The number of halogens is 6. The summed E-state index contributed by atoms with van der Waals surface area (Å²) in [5.74, 6) is -3.87. The van der Waals surface area contributed by atoms with Crippen molar-refractivity contribution in [2.24, 2.45) is 17.3 Å². The van der Waals surface area contributed by atoms with Crippen molar-refractivity contribution in [2.45, 2.75) is 71.5 Å². The van der Waals surface area contributed by atoms with Crippen molar-refractivity contribution >= 4 is 17.4 Å². The second-order valence-electron chi connectivity index (χ2n) is 11.9. The molecule has 13 heteroatoms. The first-order chi connectivity index (χ1) is 19.3. The van der Waals surface area contributed by atoms with Gasteiger partial charge in [-0.3, -0.25) is 15.0 Å². The number of ether oxygens (including phenoxy) is 2. The number of nitrogens with zero attached hydrogens (tertiary/aromatic N) is 2. The third kappa shape index (κ3) is 6.14. The topological polar surface area (TPSA) is 81.9 Å². The molecule has 230 valence electrons. The van der Waals surface area contributed by atoms with E-state index in [0.29, 0.717) is 30.2 Å². The monoisotopic (exact) mass is 602 g/mol. The number of cyclic esters (lactones) is 1. The van der Waals surface area contributed by atoms with Crippen LogP contribution < -0.4 is 4.74 Å². The lowest BCUT2D eigenvalue weighted by molar-refractivity contribution is -0.384. The van der Waals surface area contributed by atoms with Crippen LogP contribution in [0.15, 0.2) is 47.1 Å². The molecule has 1 amide bonds. The zero-order chi connectivity index (χ0) is 31.4. The van der Waals surface area contributed by atoms with Crippen LogP contribution in [0, 0.1) is 27.4 Å². The molecule has 4 rings (SSSR count). The first-order valence-electron chi connectivity index (χ1n) is 13.4. The Morgan fingerprint density at radius 1 is 1.17 bits per heavy atom. The van der Waals surface area contributed by atoms with Crippen LogP contribution in [-0.2, 0) is 4.74 Å². The highest BCUT2D eigenvalue weighted by Gasteiger charge is 2.52. The number of hydrogen-bond donors (Lipinski definition) is 0. The van der Waals surface area contributed by atoms with Crippen LogP contribution >= 0.6 is 0 Å². The van der Waals surface area contributed by atoms with Gasteiger partial charge in [0.2, 0.25) is 0 Å². The molecule has 1 fully saturated rings. The molecule has 42 heavy (non-hydrogen) atoms. The number of rotatable bonds is 6. The minimum absolute atomic E-state index is 0.0245. The van der Waals surface area contributed by atoms with Crippen molar-refractivity contribution in [2.75, 3.05) is 13.7 Å². The molecule has 0 bridgehead atoms. The predicted molar refractivity (Wildman–Crippen MR) is 142 cm³/mol. The molecule has 1 aromatic carbocycles. The van der Waals surface area contributed by atoms with E-state index in [-0.39, 0.29) is 23.2 Å². The minimum atomic E-state index is -5.00. The molecule has 0 radical (unpaired) electrons. The number of allylic oxidation sites excluding steroid dienone is 3. The SMILES string of the molecule is COc1ccc([N+](=O)[O-])cc1C1=C(CN2C(=O)O[C@H](C3=CC(C(F)(F)F)C(C)C(C(F)(F)F)=C3)[C@@H]2C)CC(C)(C)CC1. The summed E-state index contributed by atoms with van der Waals surface area (Å²) in [6.07, 6.45) is -9.06. The lowest BCUT2D eigenvalue weighted by Crippen LogP contribution is -2.39. The fraction of sp³-hybridized carbons (Fsp3) is 0.552. The highest BCUT2D eigenvalue weighted by atomic mass is 19.4. The van der Waals surface area contributed by atoms with Gasteiger partial charge in [0.15, 0.2) is 0 Å². The molecule has 3 aliphatic rings. The molecule has 4 atom stereocenters. The summed E-state index contributed by atoms with van der Waals surface area (Å²) in [6, 6.07) is 3.30. The number of nitro groups is 1. The highest BCUT2D eigenvalue weighted by molar-refractivity contribution is 5.78. The van der Waals surface area contributed by atoms with Crippen molar-refractivity contribution in [3.8, 4) is 5.75 Å². The smallest absolute Gasteiger partial charge is 0.412 e. The second-order valence-corrected chi connectivity index (χ2v) is 11.9. The normalized spacial score (nSPS) is 26.5. The number of non-ortho nitro benzene ring substituents is 1. The minimum Gasteiger partial charge on any atom is -0.496 e. The van der Waals surface area contributed by atoms with Gasteiger partial charge in [-0.15, -0.1) is 0 Å². The van der Waals surface area contributed by atoms with Gasteiger partial charge in [-0.2, -0.15) is 26.3 Å². The predicted octanol–water partition coefficient (Wildman–Crippen LogP) is 8.02. The Labute approximate surface area is 239 Å². The van der Waals surface area contributed by atoms with Crippen LogP contribution in [0.1, 0.15) is 52.5 Å². The highest BCUT2D eigenvalue weighted by Crippen LogP contribution is 2.48. The van der Waals surface area contributed by atoms with Crippen molar-refractivity contribution in [1.82, 2.24) is 4.90 Å². The molecule has 0 N–H and O–H groups in total. The summed E-state index contributed by atoms with van der Waals surface area (Å²) in [4.78, 5) is 25.3. The van der Waals surface area contributed by atoms with Gasteiger partial charge >= 0.3 is 18.4 Å². The third-order valence-corrected chi connectivity index (χ3v) is 8.40. The van der Waals surface area contributed by atoms with Gasteiger partial charge in [-0.05, 0) is 60.5 Å². The van der Waals surface area contributed by atoms with E-state index in [4.69, 9.17) is 9.47 Å². The summed E-state index contributed by atoms with van der Waals surface area (Å²) in [6.45, 7) is 6.42. The van der Waals surface area contributed by atoms with Gasteiger partial charge in [0.25, 0.3) is 5.69 Å². The largest absolute Gasteiger partial charge is 0.496 e. The van der Waals surface area contributed by atoms with Crippen LogP contribution in [0.3, 0.4) is 0 Å². The summed E-state index contributed by atoms with van der Waals surface area (Å²) in [5.41, 5.74) is -0.0674. The van der Waals surface area contributed by atoms with E-state index in [2.05, 4.69) is 0 Å². The van der Waals surface area contributed by atoms with E-state index >= 15 is 0 Å². The molecule has 0 aromatic heterocycles. The molecule has 0 spiro atoms. The van der Waals surface area contributed by atoms with Crippen LogP contribution in [-0.4, -0.2) is 54.1 Å². The maximum absolute atomic E-state index is 13.8. The van der Waals surface area contributed by atoms with E-state index in [1.807, 2.05) is 13.8 Å². The molecule has 0 saturated carbocycles. The first kappa shape index (κ1) is 31.4. The molecule has 1 saturated heterocycles. The van der Waals surface area contributed by atoms with Gasteiger partial charge in [0.1, 0.15) is 11.9 Å². The number of hydrogen-bond acceptors (Lipinski definition) is 5. The molecule has 1 aliphatic heterocycles. The van der Waals surface area contributed by atoms with Gasteiger partial charge < -0.3 is 9.47 Å². The number of carbonyl (C=O) groups excluding carboxylic acids is 1. The molecule has 2 unspecified atom stereocenters. The zero-order valence-electron chi connectivity index (χ0n) is 23.7. The van der Waals surface area contributed by atoms with Crippen LogP contribution in [0.25, 0.3) is 5.57 Å². The molecular weight excluding hydrogens is 570 g/mol. The quantitative estimate of drug-likeness (QED) is 0.187. The Hall–Kier alpha value is -3.51. The third-order valence-electron chi connectivity index (χ3n) is 8.40. The molecular formula is C29H32F6N2O5. The van der Waals surface area contributed by atoms with E-state index < -0.39 is 52.9 Å². The van der Waals surface area contributed by atoms with Crippen molar-refractivity contribution in [3.05, 3.63) is 62.7 Å². The number of amides is 1. The Morgan fingerprint density at radius 3 is 2.40 bits per heavy atom. The van der Waals surface area contributed by atoms with E-state index in [9.17, 15) is 41.3 Å². The number of carbonyl (C=O) groups is 1. The van der Waals surface area contributed by atoms with Gasteiger partial charge in [0, 0.05) is 35.7 Å². The molecule has 7 nitrogen and oxygen atoms in total. The lowest BCUT2D eigenvalue weighted by atomic mass is 9.72. The Morgan fingerprint density at radius 2 is 1.83 bits per heavy atom. The van der Waals surface area contributed by atoms with Crippen molar-refractivity contribution < 1.29 is 45.5 Å². The van der Waals surface area contributed by atoms with Crippen molar-refractivity contribution in [3.63, 3.8) is 0 Å². The molecule has 1 aromatic rings. The van der Waals surface area contributed by atoms with E-state index in [0.717, 1.165) is 30.6 Å². The van der Waals surface area contributed by atoms with Crippen LogP contribution in [0.2, 0.25) is 0 Å². The number of alkyl halides is 6. The maximum Gasteiger partial charge on any atom is 0.412 e. The van der Waals surface area contributed by atoms with Crippen LogP contribution in [0.4, 0.5) is 36.8 Å². The fourth-order valence-corrected chi connectivity index (χ4v) is 6.10. The van der Waals surface area contributed by atoms with Crippen molar-refractivity contribution in [1.29, 1.82) is 0 Å². The van der Waals surface area contributed by atoms with Gasteiger partial charge in [-0.1, -0.05) is 26.8 Å². The molecule has 1 heterocycles. The molecule has 2 aliphatic carbocycles. The number of nitro benzene ring substituents is 1. The first-order valence-corrected chi connectivity index (χ1v) is 13.4. The summed E-state index contributed by atoms with van der Waals surface area (Å²) in [7, 11) is 1.43. The lowest BCUT2D eigenvalue weighted by Gasteiger charge is -2.36.